The largest absolute Gasteiger partial charge is 0.255 e. The van der Waals surface area contributed by atoms with Crippen LogP contribution in [0.5, 0.6) is 0 Å². The Morgan fingerprint density at radius 1 is 0.562 bits per heavy atom. The Balaban J connectivity index is 2.32. The molecule has 0 atom stereocenters. The van der Waals surface area contributed by atoms with Gasteiger partial charge >= 0.3 is 0 Å². The summed E-state index contributed by atoms with van der Waals surface area (Å²) < 4.78 is 0. The van der Waals surface area contributed by atoms with Crippen LogP contribution in [0.15, 0.2) is 60.9 Å². The van der Waals surface area contributed by atoms with E-state index in [1.165, 1.54) is 12.1 Å². The van der Waals surface area contributed by atoms with E-state index >= 15 is 0 Å². The first-order valence-electron chi connectivity index (χ1n) is 9.24. The summed E-state index contributed by atoms with van der Waals surface area (Å²) in [6.07, 6.45) is 3.22. The molecule has 0 unspecified atom stereocenters. The maximum absolute atomic E-state index is 9.44. The molecule has 1 aromatic carbocycles. The summed E-state index contributed by atoms with van der Waals surface area (Å²) in [6.45, 7) is 0. The highest BCUT2D eigenvalue weighted by atomic mass is 14.9. The van der Waals surface area contributed by atoms with Gasteiger partial charge in [-0.15, -0.1) is 0 Å². The summed E-state index contributed by atoms with van der Waals surface area (Å²) in [5.74, 6) is 0. The Morgan fingerprint density at radius 2 is 0.969 bits per heavy atom. The monoisotopic (exact) mass is 410 g/mol. The fourth-order valence-corrected chi connectivity index (χ4v) is 3.19. The fourth-order valence-electron chi connectivity index (χ4n) is 3.19. The minimum atomic E-state index is -0.163. The highest BCUT2D eigenvalue weighted by Gasteiger charge is 2.18. The van der Waals surface area contributed by atoms with E-state index in [2.05, 4.69) is 9.97 Å². The van der Waals surface area contributed by atoms with E-state index in [-0.39, 0.29) is 32.6 Å². The predicted octanol–water partition coefficient (Wildman–Crippen LogP) is 2.15. The molecular formula is C24H10N8. The minimum Gasteiger partial charge on any atom is -0.255 e. The molecule has 0 fully saturated rings. The number of nitriles is 4. The van der Waals surface area contributed by atoms with Crippen LogP contribution in [0.2, 0.25) is 0 Å². The van der Waals surface area contributed by atoms with E-state index in [1.54, 1.807) is 48.8 Å². The Morgan fingerprint density at radius 3 is 1.28 bits per heavy atom. The van der Waals surface area contributed by atoms with Crippen LogP contribution in [0.1, 0.15) is 0 Å². The van der Waals surface area contributed by atoms with Crippen LogP contribution in [-0.2, 0) is 0 Å². The lowest BCUT2D eigenvalue weighted by molar-refractivity contribution is 1.20. The van der Waals surface area contributed by atoms with Crippen LogP contribution >= 0.6 is 0 Å². The van der Waals surface area contributed by atoms with Gasteiger partial charge in [0.15, 0.2) is 0 Å². The van der Waals surface area contributed by atoms with Gasteiger partial charge in [-0.3, -0.25) is 9.97 Å². The molecule has 8 nitrogen and oxygen atoms in total. The molecule has 0 saturated carbocycles. The van der Waals surface area contributed by atoms with Gasteiger partial charge in [-0.05, 0) is 36.4 Å². The summed E-state index contributed by atoms with van der Waals surface area (Å²) >= 11 is 0. The number of nitrogens with zero attached hydrogens (tertiary/aromatic N) is 8. The Bertz CT molecular complexity index is 1490. The van der Waals surface area contributed by atoms with Gasteiger partial charge in [-0.2, -0.15) is 21.0 Å². The van der Waals surface area contributed by atoms with Gasteiger partial charge in [-0.25, -0.2) is 9.97 Å². The first-order chi connectivity index (χ1) is 15.7. The SMILES string of the molecule is N#CC(C#N)=c1ccc(=C(C#N)C#N)c2nc(-c3ccccn3)c(-c3ccccn3)nc12. The first-order valence-corrected chi connectivity index (χ1v) is 9.24. The van der Waals surface area contributed by atoms with Crippen molar-refractivity contribution < 1.29 is 0 Å². The maximum Gasteiger partial charge on any atom is 0.139 e. The van der Waals surface area contributed by atoms with E-state index < -0.39 is 0 Å². The van der Waals surface area contributed by atoms with Crippen molar-refractivity contribution in [3.05, 3.63) is 71.4 Å². The second-order valence-electron chi connectivity index (χ2n) is 6.41. The normalized spacial score (nSPS) is 9.75. The van der Waals surface area contributed by atoms with Crippen LogP contribution in [0.25, 0.3) is 45.0 Å². The molecule has 0 bridgehead atoms. The third-order valence-electron chi connectivity index (χ3n) is 4.62. The average molecular weight is 410 g/mol. The summed E-state index contributed by atoms with van der Waals surface area (Å²) in [6, 6.07) is 21.1. The molecule has 4 aromatic rings. The maximum atomic E-state index is 9.44. The van der Waals surface area contributed by atoms with Crippen LogP contribution in [-0.4, -0.2) is 19.9 Å². The first kappa shape index (κ1) is 19.9. The molecule has 0 saturated heterocycles. The van der Waals surface area contributed by atoms with Crippen molar-refractivity contribution in [3.8, 4) is 47.1 Å². The molecule has 0 aliphatic carbocycles. The van der Waals surface area contributed by atoms with Crippen molar-refractivity contribution in [2.45, 2.75) is 0 Å². The molecule has 0 amide bonds. The van der Waals surface area contributed by atoms with E-state index in [4.69, 9.17) is 9.97 Å². The summed E-state index contributed by atoms with van der Waals surface area (Å²) in [5, 5.41) is 38.3. The third-order valence-corrected chi connectivity index (χ3v) is 4.62. The van der Waals surface area contributed by atoms with Gasteiger partial charge < -0.3 is 0 Å². The number of benzene rings is 1. The van der Waals surface area contributed by atoms with Crippen molar-refractivity contribution >= 4 is 22.2 Å². The second kappa shape index (κ2) is 8.51. The van der Waals surface area contributed by atoms with Gasteiger partial charge in [-0.1, -0.05) is 12.1 Å². The zero-order chi connectivity index (χ0) is 22.5. The highest BCUT2D eigenvalue weighted by Crippen LogP contribution is 2.27. The average Bonchev–Trinajstić information content (AvgIpc) is 2.86. The number of hydrogen-bond donors (Lipinski definition) is 0. The molecule has 0 aliphatic rings. The van der Waals surface area contributed by atoms with E-state index in [0.717, 1.165) is 0 Å². The molecule has 3 aromatic heterocycles. The quantitative estimate of drug-likeness (QED) is 0.488. The van der Waals surface area contributed by atoms with Crippen molar-refractivity contribution in [2.75, 3.05) is 0 Å². The highest BCUT2D eigenvalue weighted by molar-refractivity contribution is 5.91. The zero-order valence-corrected chi connectivity index (χ0v) is 16.4. The van der Waals surface area contributed by atoms with E-state index in [0.29, 0.717) is 22.8 Å². The van der Waals surface area contributed by atoms with Gasteiger partial charge in [0.2, 0.25) is 0 Å². The molecular weight excluding hydrogens is 400 g/mol. The predicted molar refractivity (Wildman–Crippen MR) is 115 cm³/mol. The van der Waals surface area contributed by atoms with E-state index in [1.807, 2.05) is 24.3 Å². The molecule has 0 N–H and O–H groups in total. The zero-order valence-electron chi connectivity index (χ0n) is 16.4. The summed E-state index contributed by atoms with van der Waals surface area (Å²) in [4.78, 5) is 18.2. The van der Waals surface area contributed by atoms with Gasteiger partial charge in [0.1, 0.15) is 46.8 Å². The molecule has 146 valence electrons. The smallest absolute Gasteiger partial charge is 0.139 e. The lowest BCUT2D eigenvalue weighted by Gasteiger charge is -2.10. The lowest BCUT2D eigenvalue weighted by Crippen LogP contribution is -2.19. The van der Waals surface area contributed by atoms with Crippen LogP contribution in [0, 0.1) is 45.3 Å². The Labute approximate surface area is 181 Å². The second-order valence-corrected chi connectivity index (χ2v) is 6.41. The summed E-state index contributed by atoms with van der Waals surface area (Å²) in [7, 11) is 0. The fraction of sp³-hybridized carbons (Fsp3) is 0. The molecule has 32 heavy (non-hydrogen) atoms. The molecule has 8 heteroatoms. The third kappa shape index (κ3) is 3.37. The molecule has 0 aliphatic heterocycles. The van der Waals surface area contributed by atoms with Crippen molar-refractivity contribution in [1.29, 1.82) is 21.0 Å². The van der Waals surface area contributed by atoms with Gasteiger partial charge in [0.25, 0.3) is 0 Å². The molecule has 3 heterocycles. The van der Waals surface area contributed by atoms with Crippen molar-refractivity contribution in [1.82, 2.24) is 19.9 Å². The lowest BCUT2D eigenvalue weighted by atomic mass is 10.1. The van der Waals surface area contributed by atoms with Crippen molar-refractivity contribution in [3.63, 3.8) is 0 Å². The Hall–Kier alpha value is -5.44. The van der Waals surface area contributed by atoms with Crippen molar-refractivity contribution in [2.24, 2.45) is 0 Å². The standard InChI is InChI=1S/C24H10N8/c25-11-15(12-26)17-7-8-18(16(13-27)14-28)22-21(17)31-23(19-5-1-3-9-29-19)24(32-22)20-6-2-4-10-30-20/h1-10H. The number of hydrogen-bond acceptors (Lipinski definition) is 8. The number of pyridine rings is 2. The van der Waals surface area contributed by atoms with Crippen LogP contribution in [0.3, 0.4) is 0 Å². The topological polar surface area (TPSA) is 147 Å². The van der Waals surface area contributed by atoms with Crippen LogP contribution < -0.4 is 10.4 Å². The summed E-state index contributed by atoms with van der Waals surface area (Å²) in [5.41, 5.74) is 1.90. The molecule has 0 spiro atoms. The molecule has 0 radical (unpaired) electrons. The van der Waals surface area contributed by atoms with Crippen LogP contribution in [0.4, 0.5) is 0 Å². The molecule has 4 rings (SSSR count). The minimum absolute atomic E-state index is 0.163. The van der Waals surface area contributed by atoms with Gasteiger partial charge in [0.05, 0.1) is 22.4 Å². The number of fused-ring (bicyclic) bond motifs is 1. The Kier molecular flexibility index (Phi) is 5.28. The number of aromatic nitrogens is 4. The number of rotatable bonds is 2. The van der Waals surface area contributed by atoms with E-state index in [9.17, 15) is 21.0 Å². The van der Waals surface area contributed by atoms with Gasteiger partial charge in [0, 0.05) is 22.8 Å².